The molecule has 1 aromatic carbocycles. The van der Waals surface area contributed by atoms with Gasteiger partial charge in [0, 0.05) is 11.6 Å². The molecule has 0 spiro atoms. The van der Waals surface area contributed by atoms with Crippen LogP contribution < -0.4 is 5.73 Å². The van der Waals surface area contributed by atoms with E-state index in [9.17, 15) is 5.11 Å². The number of aryl methyl sites for hydroxylation is 1. The molecule has 5 heteroatoms. The molecule has 2 aromatic rings. The first-order chi connectivity index (χ1) is 9.16. The number of hydrogen-bond donors (Lipinski definition) is 3. The van der Waals surface area contributed by atoms with Gasteiger partial charge in [0.25, 0.3) is 0 Å². The first kappa shape index (κ1) is 12.5. The molecule has 0 unspecified atom stereocenters. The molecule has 4 N–H and O–H groups in total. The molecule has 1 aliphatic carbocycles. The van der Waals surface area contributed by atoms with Crippen molar-refractivity contribution < 1.29 is 5.11 Å². The van der Waals surface area contributed by atoms with Crippen LogP contribution in [0.3, 0.4) is 0 Å². The highest BCUT2D eigenvalue weighted by Gasteiger charge is 2.20. The zero-order valence-corrected chi connectivity index (χ0v) is 12.1. The minimum absolute atomic E-state index is 0.268. The Morgan fingerprint density at radius 3 is 2.74 bits per heavy atom. The average molecular weight is 322 g/mol. The predicted molar refractivity (Wildman–Crippen MR) is 79.1 cm³/mol. The molecular formula is C14H16BrN3O. The fourth-order valence-electron chi connectivity index (χ4n) is 2.79. The maximum absolute atomic E-state index is 10.4. The third kappa shape index (κ3) is 2.23. The zero-order chi connectivity index (χ0) is 13.4. The summed E-state index contributed by atoms with van der Waals surface area (Å²) in [5.41, 5.74) is 9.84. The lowest BCUT2D eigenvalue weighted by Gasteiger charge is -2.14. The van der Waals surface area contributed by atoms with E-state index in [4.69, 9.17) is 5.73 Å². The largest absolute Gasteiger partial charge is 0.506 e. The number of nitrogens with zero attached hydrogens (tertiary/aromatic N) is 1. The predicted octanol–water partition coefficient (Wildman–Crippen LogP) is 3.40. The zero-order valence-electron chi connectivity index (χ0n) is 10.5. The SMILES string of the molecule is Nc1cc(-c2c(O)c(Br)cc3c2CCCCC3)[nH]n1. The molecule has 0 radical (unpaired) electrons. The summed E-state index contributed by atoms with van der Waals surface area (Å²) >= 11 is 3.44. The molecule has 0 fully saturated rings. The molecular weight excluding hydrogens is 306 g/mol. The van der Waals surface area contributed by atoms with Gasteiger partial charge >= 0.3 is 0 Å². The number of benzene rings is 1. The van der Waals surface area contributed by atoms with Gasteiger partial charge in [-0.25, -0.2) is 0 Å². The van der Waals surface area contributed by atoms with E-state index in [1.807, 2.05) is 6.07 Å². The van der Waals surface area contributed by atoms with Crippen molar-refractivity contribution in [2.75, 3.05) is 5.73 Å². The topological polar surface area (TPSA) is 74.9 Å². The summed E-state index contributed by atoms with van der Waals surface area (Å²) in [5, 5.41) is 17.2. The fraction of sp³-hybridized carbons (Fsp3) is 0.357. The Bertz CT molecular complexity index is 621. The van der Waals surface area contributed by atoms with E-state index in [0.29, 0.717) is 5.82 Å². The van der Waals surface area contributed by atoms with Crippen LogP contribution in [0.25, 0.3) is 11.3 Å². The molecule has 0 saturated heterocycles. The van der Waals surface area contributed by atoms with Crippen LogP contribution in [-0.4, -0.2) is 15.3 Å². The summed E-state index contributed by atoms with van der Waals surface area (Å²) in [6.07, 6.45) is 5.65. The van der Waals surface area contributed by atoms with Gasteiger partial charge in [-0.05, 0) is 58.8 Å². The van der Waals surface area contributed by atoms with Crippen molar-refractivity contribution >= 4 is 21.7 Å². The minimum Gasteiger partial charge on any atom is -0.506 e. The van der Waals surface area contributed by atoms with Crippen LogP contribution in [0.15, 0.2) is 16.6 Å². The van der Waals surface area contributed by atoms with Crippen LogP contribution in [0.5, 0.6) is 5.75 Å². The smallest absolute Gasteiger partial charge is 0.145 e. The van der Waals surface area contributed by atoms with Gasteiger partial charge in [0.2, 0.25) is 0 Å². The fourth-order valence-corrected chi connectivity index (χ4v) is 3.26. The standard InChI is InChI=1S/C14H16BrN3O/c15-10-6-8-4-2-1-3-5-9(8)13(14(10)19)11-7-12(16)18-17-11/h6-7,19H,1-5H2,(H3,16,17,18). The number of aromatic nitrogens is 2. The Kier molecular flexibility index (Phi) is 3.22. The molecule has 4 nitrogen and oxygen atoms in total. The second kappa shape index (κ2) is 4.89. The molecule has 1 heterocycles. The highest BCUT2D eigenvalue weighted by molar-refractivity contribution is 9.10. The Balaban J connectivity index is 2.24. The number of nitrogens with two attached hydrogens (primary N) is 1. The number of rotatable bonds is 1. The molecule has 0 atom stereocenters. The molecule has 100 valence electrons. The number of anilines is 1. The van der Waals surface area contributed by atoms with Crippen LogP contribution >= 0.6 is 15.9 Å². The van der Waals surface area contributed by atoms with E-state index in [2.05, 4.69) is 26.1 Å². The van der Waals surface area contributed by atoms with Crippen LogP contribution in [0, 0.1) is 0 Å². The van der Waals surface area contributed by atoms with Crippen molar-refractivity contribution in [2.24, 2.45) is 0 Å². The lowest BCUT2D eigenvalue weighted by molar-refractivity contribution is 0.472. The number of halogens is 1. The number of aromatic amines is 1. The summed E-state index contributed by atoms with van der Waals surface area (Å²) in [7, 11) is 0. The van der Waals surface area contributed by atoms with E-state index >= 15 is 0 Å². The summed E-state index contributed by atoms with van der Waals surface area (Å²) in [6.45, 7) is 0. The average Bonchev–Trinajstić information content (AvgIpc) is 2.67. The van der Waals surface area contributed by atoms with Crippen LogP contribution in [-0.2, 0) is 12.8 Å². The first-order valence-electron chi connectivity index (χ1n) is 6.51. The normalized spacial score (nSPS) is 15.0. The molecule has 1 aliphatic rings. The van der Waals surface area contributed by atoms with Gasteiger partial charge in [-0.1, -0.05) is 6.42 Å². The van der Waals surface area contributed by atoms with E-state index in [0.717, 1.165) is 35.0 Å². The Hall–Kier alpha value is -1.49. The van der Waals surface area contributed by atoms with Crippen molar-refractivity contribution in [3.63, 3.8) is 0 Å². The highest BCUT2D eigenvalue weighted by Crippen LogP contribution is 2.41. The van der Waals surface area contributed by atoms with Gasteiger partial charge in [-0.2, -0.15) is 5.10 Å². The number of nitrogens with one attached hydrogen (secondary N) is 1. The number of fused-ring (bicyclic) bond motifs is 1. The number of H-pyrrole nitrogens is 1. The monoisotopic (exact) mass is 321 g/mol. The Labute approximate surface area is 120 Å². The molecule has 0 amide bonds. The Morgan fingerprint density at radius 2 is 2.00 bits per heavy atom. The molecule has 19 heavy (non-hydrogen) atoms. The van der Waals surface area contributed by atoms with Gasteiger partial charge < -0.3 is 10.8 Å². The van der Waals surface area contributed by atoms with Crippen LogP contribution in [0.2, 0.25) is 0 Å². The second-order valence-electron chi connectivity index (χ2n) is 4.99. The Morgan fingerprint density at radius 1 is 1.21 bits per heavy atom. The van der Waals surface area contributed by atoms with Crippen LogP contribution in [0.4, 0.5) is 5.82 Å². The summed E-state index contributed by atoms with van der Waals surface area (Å²) in [4.78, 5) is 0. The molecule has 3 rings (SSSR count). The van der Waals surface area contributed by atoms with Crippen molar-refractivity contribution in [1.82, 2.24) is 10.2 Å². The minimum atomic E-state index is 0.268. The molecule has 0 aliphatic heterocycles. The molecule has 0 bridgehead atoms. The maximum atomic E-state index is 10.4. The summed E-state index contributed by atoms with van der Waals surface area (Å²) in [6, 6.07) is 3.81. The van der Waals surface area contributed by atoms with E-state index in [1.165, 1.54) is 24.0 Å². The van der Waals surface area contributed by atoms with Gasteiger partial charge in [0.15, 0.2) is 0 Å². The van der Waals surface area contributed by atoms with Crippen molar-refractivity contribution in [1.29, 1.82) is 0 Å². The number of aromatic hydroxyl groups is 1. The number of phenolic OH excluding ortho intramolecular Hbond substituents is 1. The lowest BCUT2D eigenvalue weighted by Crippen LogP contribution is -1.97. The van der Waals surface area contributed by atoms with E-state index < -0.39 is 0 Å². The van der Waals surface area contributed by atoms with Crippen molar-refractivity contribution in [2.45, 2.75) is 32.1 Å². The maximum Gasteiger partial charge on any atom is 0.145 e. The van der Waals surface area contributed by atoms with E-state index in [1.54, 1.807) is 6.07 Å². The van der Waals surface area contributed by atoms with E-state index in [-0.39, 0.29) is 5.75 Å². The first-order valence-corrected chi connectivity index (χ1v) is 7.30. The quantitative estimate of drug-likeness (QED) is 0.705. The third-order valence-electron chi connectivity index (χ3n) is 3.69. The van der Waals surface area contributed by atoms with Gasteiger partial charge in [-0.3, -0.25) is 5.10 Å². The highest BCUT2D eigenvalue weighted by atomic mass is 79.9. The summed E-state index contributed by atoms with van der Waals surface area (Å²) in [5.74, 6) is 0.709. The third-order valence-corrected chi connectivity index (χ3v) is 4.30. The van der Waals surface area contributed by atoms with Crippen molar-refractivity contribution in [3.8, 4) is 17.0 Å². The van der Waals surface area contributed by atoms with Gasteiger partial charge in [-0.15, -0.1) is 0 Å². The number of hydrogen-bond acceptors (Lipinski definition) is 3. The van der Waals surface area contributed by atoms with Crippen LogP contribution in [0.1, 0.15) is 30.4 Å². The number of nitrogen functional groups attached to an aromatic ring is 1. The number of phenols is 1. The van der Waals surface area contributed by atoms with Crippen molar-refractivity contribution in [3.05, 3.63) is 27.7 Å². The molecule has 0 saturated carbocycles. The molecule has 1 aromatic heterocycles. The van der Waals surface area contributed by atoms with Gasteiger partial charge in [0.05, 0.1) is 10.2 Å². The van der Waals surface area contributed by atoms with Gasteiger partial charge in [0.1, 0.15) is 11.6 Å². The second-order valence-corrected chi connectivity index (χ2v) is 5.84. The summed E-state index contributed by atoms with van der Waals surface area (Å²) < 4.78 is 0.733. The lowest BCUT2D eigenvalue weighted by atomic mass is 9.94.